The number of aromatic nitrogens is 2. The number of carbonyl (C=O) groups excluding carboxylic acids is 1. The van der Waals surface area contributed by atoms with Crippen LogP contribution in [0.15, 0.2) is 36.5 Å². The third-order valence-corrected chi connectivity index (χ3v) is 5.06. The molecule has 0 fully saturated rings. The Morgan fingerprint density at radius 3 is 2.69 bits per heavy atom. The highest BCUT2D eigenvalue weighted by Gasteiger charge is 2.22. The van der Waals surface area contributed by atoms with E-state index in [1.807, 2.05) is 0 Å². The van der Waals surface area contributed by atoms with Gasteiger partial charge in [-0.2, -0.15) is 0 Å². The number of nitrogens with zero attached hydrogens (tertiary/aromatic N) is 2. The maximum atomic E-state index is 14.9. The SMILES string of the molecule is COCCOc1cnc2ccc(C(=O)c3c(F)ccc(CCCN[SH](=O)=O)c3F)cc2n1. The third-order valence-electron chi connectivity index (χ3n) is 4.58. The molecule has 1 aromatic heterocycles. The predicted octanol–water partition coefficient (Wildman–Crippen LogP) is 2.21. The molecule has 0 radical (unpaired) electrons. The highest BCUT2D eigenvalue weighted by Crippen LogP contribution is 2.23. The Kier molecular flexibility index (Phi) is 8.14. The molecule has 0 bridgehead atoms. The van der Waals surface area contributed by atoms with Crippen LogP contribution < -0.4 is 9.46 Å². The van der Waals surface area contributed by atoms with Gasteiger partial charge in [-0.3, -0.25) is 4.79 Å². The Morgan fingerprint density at radius 1 is 1.12 bits per heavy atom. The molecule has 3 rings (SSSR count). The van der Waals surface area contributed by atoms with Crippen LogP contribution >= 0.6 is 0 Å². The molecule has 0 unspecified atom stereocenters. The quantitative estimate of drug-likeness (QED) is 0.254. The van der Waals surface area contributed by atoms with E-state index in [0.717, 1.165) is 6.07 Å². The maximum Gasteiger partial charge on any atom is 0.232 e. The van der Waals surface area contributed by atoms with Gasteiger partial charge in [-0.1, -0.05) is 6.07 Å². The summed E-state index contributed by atoms with van der Waals surface area (Å²) in [5, 5.41) is 0. The van der Waals surface area contributed by atoms with E-state index in [2.05, 4.69) is 14.7 Å². The van der Waals surface area contributed by atoms with Gasteiger partial charge in [0.25, 0.3) is 0 Å². The van der Waals surface area contributed by atoms with E-state index in [0.29, 0.717) is 17.6 Å². The summed E-state index contributed by atoms with van der Waals surface area (Å²) in [7, 11) is -1.21. The Labute approximate surface area is 184 Å². The number of halogens is 2. The number of rotatable bonds is 11. The van der Waals surface area contributed by atoms with E-state index >= 15 is 0 Å². The zero-order valence-corrected chi connectivity index (χ0v) is 18.0. The number of nitrogens with one attached hydrogen (secondary N) is 1. The molecule has 0 amide bonds. The molecule has 0 aliphatic heterocycles. The average Bonchev–Trinajstić information content (AvgIpc) is 2.77. The van der Waals surface area contributed by atoms with Crippen molar-refractivity contribution in [1.82, 2.24) is 14.7 Å². The second-order valence-electron chi connectivity index (χ2n) is 6.75. The molecule has 3 aromatic rings. The predicted molar refractivity (Wildman–Crippen MR) is 113 cm³/mol. The molecule has 0 atom stereocenters. The average molecular weight is 465 g/mol. The van der Waals surface area contributed by atoms with Crippen molar-refractivity contribution in [3.05, 3.63) is 64.9 Å². The molecule has 0 aliphatic carbocycles. The van der Waals surface area contributed by atoms with Crippen molar-refractivity contribution in [2.24, 2.45) is 0 Å². The summed E-state index contributed by atoms with van der Waals surface area (Å²) in [5.41, 5.74) is 0.304. The van der Waals surface area contributed by atoms with Crippen LogP contribution in [0.3, 0.4) is 0 Å². The Bertz CT molecular complexity index is 1200. The van der Waals surface area contributed by atoms with Crippen LogP contribution in [0, 0.1) is 11.6 Å². The van der Waals surface area contributed by atoms with E-state index < -0.39 is 33.9 Å². The highest BCUT2D eigenvalue weighted by atomic mass is 32.2. The largest absolute Gasteiger partial charge is 0.474 e. The number of aryl methyl sites for hydroxylation is 1. The molecule has 1 heterocycles. The van der Waals surface area contributed by atoms with Crippen molar-refractivity contribution in [2.75, 3.05) is 26.9 Å². The third kappa shape index (κ3) is 5.81. The van der Waals surface area contributed by atoms with Gasteiger partial charge in [0.2, 0.25) is 16.8 Å². The van der Waals surface area contributed by atoms with Gasteiger partial charge < -0.3 is 9.47 Å². The summed E-state index contributed by atoms with van der Waals surface area (Å²) >= 11 is 0. The monoisotopic (exact) mass is 465 g/mol. The fraction of sp³-hybridized carbons (Fsp3) is 0.286. The van der Waals surface area contributed by atoms with Gasteiger partial charge in [0, 0.05) is 19.2 Å². The summed E-state index contributed by atoms with van der Waals surface area (Å²) in [4.78, 5) is 21.4. The van der Waals surface area contributed by atoms with Gasteiger partial charge in [-0.05, 0) is 42.7 Å². The van der Waals surface area contributed by atoms with Crippen molar-refractivity contribution >= 4 is 27.7 Å². The maximum absolute atomic E-state index is 14.9. The van der Waals surface area contributed by atoms with E-state index in [9.17, 15) is 22.0 Å². The summed E-state index contributed by atoms with van der Waals surface area (Å²) < 4.78 is 62.9. The van der Waals surface area contributed by atoms with Gasteiger partial charge >= 0.3 is 0 Å². The van der Waals surface area contributed by atoms with Gasteiger partial charge in [0.05, 0.1) is 29.4 Å². The Balaban J connectivity index is 1.86. The van der Waals surface area contributed by atoms with Crippen molar-refractivity contribution in [3.8, 4) is 5.88 Å². The standard InChI is InChI=1S/C21H21F2N3O5S/c1-30-9-10-31-18-12-24-16-7-5-14(11-17(16)26-18)21(27)19-15(22)6-4-13(20(19)23)3-2-8-25-32(28)29/h4-7,11-12,32H,2-3,8-10H2,1H3,(H,25,28,29). The fourth-order valence-corrected chi connectivity index (χ4v) is 3.37. The van der Waals surface area contributed by atoms with Crippen molar-refractivity contribution in [3.63, 3.8) is 0 Å². The number of methoxy groups -OCH3 is 1. The van der Waals surface area contributed by atoms with E-state index in [-0.39, 0.29) is 43.0 Å². The molecule has 0 aliphatic rings. The minimum absolute atomic E-state index is 0.0424. The van der Waals surface area contributed by atoms with Crippen LogP contribution in [0.1, 0.15) is 27.9 Å². The number of thiol groups is 1. The first-order valence-corrected chi connectivity index (χ1v) is 10.9. The Morgan fingerprint density at radius 2 is 1.94 bits per heavy atom. The topological polar surface area (TPSA) is 107 Å². The van der Waals surface area contributed by atoms with Crippen molar-refractivity contribution in [1.29, 1.82) is 0 Å². The van der Waals surface area contributed by atoms with E-state index in [1.165, 1.54) is 37.6 Å². The highest BCUT2D eigenvalue weighted by molar-refractivity contribution is 7.70. The molecule has 1 N–H and O–H groups in total. The van der Waals surface area contributed by atoms with E-state index in [4.69, 9.17) is 9.47 Å². The normalized spacial score (nSPS) is 11.2. The second kappa shape index (κ2) is 11.0. The van der Waals surface area contributed by atoms with Crippen LogP contribution in [0.5, 0.6) is 5.88 Å². The summed E-state index contributed by atoms with van der Waals surface area (Å²) in [6.45, 7) is 0.731. The van der Waals surface area contributed by atoms with Crippen molar-refractivity contribution in [2.45, 2.75) is 12.8 Å². The van der Waals surface area contributed by atoms with Gasteiger partial charge in [-0.25, -0.2) is 31.9 Å². The second-order valence-corrected chi connectivity index (χ2v) is 7.58. The zero-order chi connectivity index (χ0) is 23.1. The lowest BCUT2D eigenvalue weighted by molar-refractivity contribution is 0.103. The molecule has 8 nitrogen and oxygen atoms in total. The first-order valence-electron chi connectivity index (χ1n) is 9.68. The molecule has 170 valence electrons. The number of benzene rings is 2. The molecule has 11 heteroatoms. The van der Waals surface area contributed by atoms with E-state index in [1.54, 1.807) is 0 Å². The fourth-order valence-electron chi connectivity index (χ4n) is 3.03. The van der Waals surface area contributed by atoms with Crippen LogP contribution in [0.4, 0.5) is 8.78 Å². The number of ether oxygens (including phenoxy) is 2. The summed E-state index contributed by atoms with van der Waals surface area (Å²) in [5.74, 6) is -2.56. The lowest BCUT2D eigenvalue weighted by atomic mass is 9.97. The molecular formula is C21H21F2N3O5S. The zero-order valence-electron chi connectivity index (χ0n) is 17.1. The number of hydrogen-bond donors (Lipinski definition) is 2. The number of carbonyl (C=O) groups is 1. The number of hydrogen-bond acceptors (Lipinski definition) is 7. The molecule has 0 saturated carbocycles. The van der Waals surface area contributed by atoms with Gasteiger partial charge in [0.1, 0.15) is 18.2 Å². The number of fused-ring (bicyclic) bond motifs is 1. The minimum Gasteiger partial charge on any atom is -0.474 e. The smallest absolute Gasteiger partial charge is 0.232 e. The first kappa shape index (κ1) is 23.6. The lowest BCUT2D eigenvalue weighted by Gasteiger charge is -2.10. The summed E-state index contributed by atoms with van der Waals surface area (Å²) in [6, 6.07) is 6.62. The Hall–Kier alpha value is -3.02. The van der Waals surface area contributed by atoms with Crippen LogP contribution in [0.25, 0.3) is 11.0 Å². The van der Waals surface area contributed by atoms with Crippen LogP contribution in [0.2, 0.25) is 0 Å². The van der Waals surface area contributed by atoms with Crippen LogP contribution in [-0.4, -0.2) is 51.0 Å². The molecule has 2 aromatic carbocycles. The lowest BCUT2D eigenvalue weighted by Crippen LogP contribution is -2.14. The van der Waals surface area contributed by atoms with Gasteiger partial charge in [0.15, 0.2) is 5.78 Å². The molecular weight excluding hydrogens is 444 g/mol. The number of ketones is 1. The molecule has 32 heavy (non-hydrogen) atoms. The minimum atomic E-state index is -2.75. The van der Waals surface area contributed by atoms with Crippen LogP contribution in [-0.2, 0) is 22.0 Å². The van der Waals surface area contributed by atoms with Gasteiger partial charge in [-0.15, -0.1) is 0 Å². The summed E-state index contributed by atoms with van der Waals surface area (Å²) in [6.07, 6.45) is 1.85. The molecule has 0 saturated heterocycles. The molecule has 0 spiro atoms. The first-order chi connectivity index (χ1) is 15.4. The van der Waals surface area contributed by atoms with Crippen molar-refractivity contribution < 1.29 is 31.5 Å².